The fourth-order valence-electron chi connectivity index (χ4n) is 2.74. The summed E-state index contributed by atoms with van der Waals surface area (Å²) in [5, 5.41) is 2.75. The van der Waals surface area contributed by atoms with Crippen LogP contribution in [0.1, 0.15) is 28.9 Å². The molecule has 1 amide bonds. The highest BCUT2D eigenvalue weighted by atomic mass is 19.1. The Kier molecular flexibility index (Phi) is 6.58. The molecule has 6 heteroatoms. The van der Waals surface area contributed by atoms with Crippen molar-refractivity contribution in [3.05, 3.63) is 95.8 Å². The highest BCUT2D eigenvalue weighted by molar-refractivity contribution is 5.99. The van der Waals surface area contributed by atoms with Gasteiger partial charge in [-0.25, -0.2) is 9.18 Å². The van der Waals surface area contributed by atoms with Crippen LogP contribution in [0.5, 0.6) is 5.75 Å². The third-order valence-corrected chi connectivity index (χ3v) is 4.07. The summed E-state index contributed by atoms with van der Waals surface area (Å²) < 4.78 is 24.4. The Morgan fingerprint density at radius 3 is 2.41 bits per heavy atom. The van der Waals surface area contributed by atoms with Gasteiger partial charge in [0.2, 0.25) is 6.10 Å². The molecule has 0 bridgehead atoms. The van der Waals surface area contributed by atoms with Crippen molar-refractivity contribution in [2.45, 2.75) is 13.0 Å². The van der Waals surface area contributed by atoms with Crippen LogP contribution in [0, 0.1) is 5.82 Å². The molecule has 3 aromatic carbocycles. The summed E-state index contributed by atoms with van der Waals surface area (Å²) in [6.45, 7) is 2.27. The Bertz CT molecular complexity index is 991. The SMILES string of the molecule is CCOc1ccccc1NC(=O)[C@H](OC(=O)c1cccc(F)c1)c1ccccc1. The molecule has 0 saturated heterocycles. The minimum atomic E-state index is -1.22. The molecule has 0 saturated carbocycles. The van der Waals surface area contributed by atoms with Gasteiger partial charge in [-0.15, -0.1) is 0 Å². The monoisotopic (exact) mass is 393 g/mol. The molecular formula is C23H20FNO4. The molecule has 0 heterocycles. The van der Waals surface area contributed by atoms with Crippen molar-refractivity contribution in [3.8, 4) is 5.75 Å². The third kappa shape index (κ3) is 5.19. The number of para-hydroxylation sites is 2. The predicted molar refractivity (Wildman–Crippen MR) is 107 cm³/mol. The maximum atomic E-state index is 13.4. The lowest BCUT2D eigenvalue weighted by molar-refractivity contribution is -0.125. The molecule has 0 unspecified atom stereocenters. The molecule has 0 aromatic heterocycles. The quantitative estimate of drug-likeness (QED) is 0.588. The number of hydrogen-bond acceptors (Lipinski definition) is 4. The van der Waals surface area contributed by atoms with Gasteiger partial charge in [0.05, 0.1) is 17.9 Å². The molecule has 148 valence electrons. The molecule has 3 rings (SSSR count). The topological polar surface area (TPSA) is 64.6 Å². The van der Waals surface area contributed by atoms with E-state index in [2.05, 4.69) is 5.32 Å². The smallest absolute Gasteiger partial charge is 0.339 e. The molecule has 29 heavy (non-hydrogen) atoms. The average molecular weight is 393 g/mol. The molecule has 0 aliphatic rings. The van der Waals surface area contributed by atoms with Crippen LogP contribution >= 0.6 is 0 Å². The molecule has 0 radical (unpaired) electrons. The van der Waals surface area contributed by atoms with Crippen LogP contribution < -0.4 is 10.1 Å². The second kappa shape index (κ2) is 9.50. The molecule has 3 aromatic rings. The Morgan fingerprint density at radius 2 is 1.69 bits per heavy atom. The Balaban J connectivity index is 1.86. The second-order valence-electron chi connectivity index (χ2n) is 6.12. The first kappa shape index (κ1) is 20.1. The number of nitrogens with one attached hydrogen (secondary N) is 1. The van der Waals surface area contributed by atoms with Gasteiger partial charge in [0, 0.05) is 5.56 Å². The lowest BCUT2D eigenvalue weighted by Gasteiger charge is -2.19. The van der Waals surface area contributed by atoms with Gasteiger partial charge in [0.1, 0.15) is 11.6 Å². The van der Waals surface area contributed by atoms with Gasteiger partial charge >= 0.3 is 5.97 Å². The van der Waals surface area contributed by atoms with Crippen molar-refractivity contribution in [3.63, 3.8) is 0 Å². The number of esters is 1. The maximum Gasteiger partial charge on any atom is 0.339 e. The first-order valence-electron chi connectivity index (χ1n) is 9.12. The Morgan fingerprint density at radius 1 is 0.966 bits per heavy atom. The van der Waals surface area contributed by atoms with E-state index in [0.29, 0.717) is 23.6 Å². The van der Waals surface area contributed by atoms with Gasteiger partial charge in [0.25, 0.3) is 5.91 Å². The lowest BCUT2D eigenvalue weighted by Crippen LogP contribution is -2.26. The van der Waals surface area contributed by atoms with E-state index in [-0.39, 0.29) is 5.56 Å². The molecule has 0 spiro atoms. The number of hydrogen-bond donors (Lipinski definition) is 1. The number of anilines is 1. The standard InChI is InChI=1S/C23H20FNO4/c1-2-28-20-14-7-6-13-19(20)25-22(26)21(16-9-4-3-5-10-16)29-23(27)17-11-8-12-18(24)15-17/h3-15,21H,2H2,1H3,(H,25,26)/t21-/m1/s1. The summed E-state index contributed by atoms with van der Waals surface area (Å²) in [5.41, 5.74) is 0.971. The van der Waals surface area contributed by atoms with Gasteiger partial charge in [-0.2, -0.15) is 0 Å². The van der Waals surface area contributed by atoms with E-state index in [0.717, 1.165) is 6.07 Å². The minimum Gasteiger partial charge on any atom is -0.492 e. The molecule has 1 atom stereocenters. The van der Waals surface area contributed by atoms with Crippen LogP contribution in [-0.2, 0) is 9.53 Å². The first-order chi connectivity index (χ1) is 14.1. The third-order valence-electron chi connectivity index (χ3n) is 4.07. The number of amides is 1. The molecule has 0 aliphatic carbocycles. The van der Waals surface area contributed by atoms with E-state index >= 15 is 0 Å². The molecule has 0 fully saturated rings. The van der Waals surface area contributed by atoms with Crippen molar-refractivity contribution in [1.29, 1.82) is 0 Å². The van der Waals surface area contributed by atoms with E-state index < -0.39 is 23.8 Å². The normalized spacial score (nSPS) is 11.4. The summed E-state index contributed by atoms with van der Waals surface area (Å²) in [5.74, 6) is -1.41. The summed E-state index contributed by atoms with van der Waals surface area (Å²) in [7, 11) is 0. The lowest BCUT2D eigenvalue weighted by atomic mass is 10.1. The van der Waals surface area contributed by atoms with Gasteiger partial charge < -0.3 is 14.8 Å². The highest BCUT2D eigenvalue weighted by Crippen LogP contribution is 2.27. The zero-order valence-electron chi connectivity index (χ0n) is 15.8. The highest BCUT2D eigenvalue weighted by Gasteiger charge is 2.26. The van der Waals surface area contributed by atoms with E-state index in [1.807, 2.05) is 6.92 Å². The van der Waals surface area contributed by atoms with E-state index in [1.165, 1.54) is 18.2 Å². The number of benzene rings is 3. The Labute approximate surface area is 168 Å². The van der Waals surface area contributed by atoms with Crippen molar-refractivity contribution in [2.24, 2.45) is 0 Å². The van der Waals surface area contributed by atoms with Gasteiger partial charge in [-0.1, -0.05) is 48.5 Å². The van der Waals surface area contributed by atoms with E-state index in [4.69, 9.17) is 9.47 Å². The predicted octanol–water partition coefficient (Wildman–Crippen LogP) is 4.76. The van der Waals surface area contributed by atoms with E-state index in [1.54, 1.807) is 54.6 Å². The molecule has 0 aliphatic heterocycles. The number of rotatable bonds is 7. The van der Waals surface area contributed by atoms with Crippen molar-refractivity contribution < 1.29 is 23.5 Å². The number of carbonyl (C=O) groups is 2. The van der Waals surface area contributed by atoms with Crippen LogP contribution in [0.4, 0.5) is 10.1 Å². The zero-order valence-corrected chi connectivity index (χ0v) is 15.8. The van der Waals surface area contributed by atoms with Crippen molar-refractivity contribution in [1.82, 2.24) is 0 Å². The molecular weight excluding hydrogens is 373 g/mol. The van der Waals surface area contributed by atoms with Gasteiger partial charge in [-0.3, -0.25) is 4.79 Å². The molecule has 5 nitrogen and oxygen atoms in total. The molecule has 1 N–H and O–H groups in total. The van der Waals surface area contributed by atoms with Crippen LogP contribution in [0.15, 0.2) is 78.9 Å². The second-order valence-corrected chi connectivity index (χ2v) is 6.12. The fraction of sp³-hybridized carbons (Fsp3) is 0.130. The fourth-order valence-corrected chi connectivity index (χ4v) is 2.74. The van der Waals surface area contributed by atoms with Crippen molar-refractivity contribution >= 4 is 17.6 Å². The summed E-state index contributed by atoms with van der Waals surface area (Å²) in [6, 6.07) is 20.7. The van der Waals surface area contributed by atoms with Gasteiger partial charge in [0.15, 0.2) is 0 Å². The number of halogens is 1. The summed E-state index contributed by atoms with van der Waals surface area (Å²) in [4.78, 5) is 25.5. The largest absolute Gasteiger partial charge is 0.492 e. The van der Waals surface area contributed by atoms with Crippen LogP contribution in [0.25, 0.3) is 0 Å². The van der Waals surface area contributed by atoms with Gasteiger partial charge in [-0.05, 0) is 37.3 Å². The minimum absolute atomic E-state index is 0.0217. The van der Waals surface area contributed by atoms with Crippen LogP contribution in [-0.4, -0.2) is 18.5 Å². The van der Waals surface area contributed by atoms with E-state index in [9.17, 15) is 14.0 Å². The Hall–Kier alpha value is -3.67. The summed E-state index contributed by atoms with van der Waals surface area (Å²) in [6.07, 6.45) is -1.22. The number of carbonyl (C=O) groups excluding carboxylic acids is 2. The van der Waals surface area contributed by atoms with Crippen LogP contribution in [0.2, 0.25) is 0 Å². The first-order valence-corrected chi connectivity index (χ1v) is 9.12. The average Bonchev–Trinajstić information content (AvgIpc) is 2.74. The van der Waals surface area contributed by atoms with Crippen molar-refractivity contribution in [2.75, 3.05) is 11.9 Å². The maximum absolute atomic E-state index is 13.4. The summed E-state index contributed by atoms with van der Waals surface area (Å²) >= 11 is 0. The van der Waals surface area contributed by atoms with Crippen LogP contribution in [0.3, 0.4) is 0 Å². The number of ether oxygens (including phenoxy) is 2. The zero-order chi connectivity index (χ0) is 20.6.